The summed E-state index contributed by atoms with van der Waals surface area (Å²) in [5.74, 6) is 0.642. The van der Waals surface area contributed by atoms with Gasteiger partial charge in [0.2, 0.25) is 15.9 Å². The molecule has 2 aromatic rings. The van der Waals surface area contributed by atoms with Crippen LogP contribution in [0.3, 0.4) is 0 Å². The number of hydrogen-bond acceptors (Lipinski definition) is 4. The third-order valence-corrected chi connectivity index (χ3v) is 7.16. The molecule has 7 heteroatoms. The number of amides is 1. The summed E-state index contributed by atoms with van der Waals surface area (Å²) >= 11 is 1.46. The number of nitrogens with zero attached hydrogens (tertiary/aromatic N) is 1. The molecule has 0 aromatic heterocycles. The van der Waals surface area contributed by atoms with E-state index in [0.29, 0.717) is 24.5 Å². The molecule has 0 atom stereocenters. The Hall–Kier alpha value is -1.83. The average Bonchev–Trinajstić information content (AvgIpc) is 2.67. The lowest BCUT2D eigenvalue weighted by Gasteiger charge is -2.25. The van der Waals surface area contributed by atoms with Crippen LogP contribution >= 0.6 is 11.8 Å². The Balaban J connectivity index is 2.01. The van der Waals surface area contributed by atoms with Gasteiger partial charge in [-0.3, -0.25) is 4.79 Å². The average molecular weight is 449 g/mol. The van der Waals surface area contributed by atoms with Crippen LogP contribution in [-0.4, -0.2) is 37.5 Å². The molecule has 1 N–H and O–H groups in total. The van der Waals surface area contributed by atoms with Crippen LogP contribution in [0.4, 0.5) is 5.69 Å². The Morgan fingerprint density at radius 3 is 1.97 bits per heavy atom. The zero-order valence-corrected chi connectivity index (χ0v) is 20.0. The van der Waals surface area contributed by atoms with Crippen molar-refractivity contribution >= 4 is 33.4 Å². The highest BCUT2D eigenvalue weighted by molar-refractivity contribution is 8.00. The maximum Gasteiger partial charge on any atom is 0.243 e. The summed E-state index contributed by atoms with van der Waals surface area (Å²) in [7, 11) is -3.57. The van der Waals surface area contributed by atoms with Gasteiger partial charge in [0.15, 0.2) is 0 Å². The molecule has 0 spiro atoms. The van der Waals surface area contributed by atoms with Crippen LogP contribution in [0, 0.1) is 18.8 Å². The monoisotopic (exact) mass is 448 g/mol. The van der Waals surface area contributed by atoms with Gasteiger partial charge < -0.3 is 5.32 Å². The predicted octanol–water partition coefficient (Wildman–Crippen LogP) is 5.03. The second kappa shape index (κ2) is 11.0. The maximum absolute atomic E-state index is 13.1. The molecule has 1 amide bonds. The lowest BCUT2D eigenvalue weighted by Crippen LogP contribution is -2.37. The molecule has 30 heavy (non-hydrogen) atoms. The molecule has 0 aliphatic carbocycles. The predicted molar refractivity (Wildman–Crippen MR) is 125 cm³/mol. The Morgan fingerprint density at radius 1 is 0.933 bits per heavy atom. The van der Waals surface area contributed by atoms with Crippen LogP contribution in [0.1, 0.15) is 33.3 Å². The molecule has 0 aliphatic heterocycles. The Bertz CT molecular complexity index is 912. The first-order valence-corrected chi connectivity index (χ1v) is 12.6. The van der Waals surface area contributed by atoms with E-state index in [1.54, 1.807) is 28.6 Å². The van der Waals surface area contributed by atoms with Crippen molar-refractivity contribution in [2.45, 2.75) is 44.4 Å². The van der Waals surface area contributed by atoms with E-state index in [-0.39, 0.29) is 22.6 Å². The molecule has 0 aliphatic rings. The van der Waals surface area contributed by atoms with Gasteiger partial charge in [-0.05, 0) is 55.2 Å². The summed E-state index contributed by atoms with van der Waals surface area (Å²) in [6.45, 7) is 11.0. The molecule has 0 unspecified atom stereocenters. The number of nitrogens with one attached hydrogen (secondary N) is 1. The van der Waals surface area contributed by atoms with Crippen molar-refractivity contribution in [1.82, 2.24) is 4.31 Å². The summed E-state index contributed by atoms with van der Waals surface area (Å²) in [6, 6.07) is 14.4. The quantitative estimate of drug-likeness (QED) is 0.518. The summed E-state index contributed by atoms with van der Waals surface area (Å²) in [5.41, 5.74) is 1.77. The molecule has 0 saturated carbocycles. The number of aryl methyl sites for hydroxylation is 1. The number of benzene rings is 2. The lowest BCUT2D eigenvalue weighted by molar-refractivity contribution is -0.113. The standard InChI is InChI=1S/C23H32N2O3S2/c1-17(2)14-25(15-18(3)4)30(27,28)22-12-8-20(9-13-22)24-23(26)16-29-21-10-6-19(5)7-11-21/h6-13,17-18H,14-16H2,1-5H3,(H,24,26). The van der Waals surface area contributed by atoms with Crippen LogP contribution in [0.5, 0.6) is 0 Å². The number of carbonyl (C=O) groups excluding carboxylic acids is 1. The molecule has 0 heterocycles. The molecule has 2 rings (SSSR count). The molecule has 0 bridgehead atoms. The maximum atomic E-state index is 13.1. The topological polar surface area (TPSA) is 66.5 Å². The number of hydrogen-bond donors (Lipinski definition) is 1. The highest BCUT2D eigenvalue weighted by Gasteiger charge is 2.25. The minimum absolute atomic E-state index is 0.127. The second-order valence-electron chi connectivity index (χ2n) is 8.28. The Labute approximate surface area is 185 Å². The molecular weight excluding hydrogens is 416 g/mol. The van der Waals surface area contributed by atoms with Crippen LogP contribution in [-0.2, 0) is 14.8 Å². The summed E-state index contributed by atoms with van der Waals surface area (Å²) < 4.78 is 27.7. The highest BCUT2D eigenvalue weighted by Crippen LogP contribution is 2.22. The van der Waals surface area contributed by atoms with E-state index in [0.717, 1.165) is 4.90 Å². The SMILES string of the molecule is Cc1ccc(SCC(=O)Nc2ccc(S(=O)(=O)N(CC(C)C)CC(C)C)cc2)cc1. The fourth-order valence-electron chi connectivity index (χ4n) is 2.93. The minimum Gasteiger partial charge on any atom is -0.325 e. The van der Waals surface area contributed by atoms with Crippen molar-refractivity contribution in [1.29, 1.82) is 0 Å². The third kappa shape index (κ3) is 7.45. The van der Waals surface area contributed by atoms with Crippen LogP contribution in [0.2, 0.25) is 0 Å². The van der Waals surface area contributed by atoms with Crippen molar-refractivity contribution < 1.29 is 13.2 Å². The van der Waals surface area contributed by atoms with Crippen LogP contribution < -0.4 is 5.32 Å². The van der Waals surface area contributed by atoms with Crippen molar-refractivity contribution in [3.8, 4) is 0 Å². The van der Waals surface area contributed by atoms with Crippen LogP contribution in [0.15, 0.2) is 58.3 Å². The number of rotatable bonds is 10. The molecular formula is C23H32N2O3S2. The van der Waals surface area contributed by atoms with E-state index in [9.17, 15) is 13.2 Å². The van der Waals surface area contributed by atoms with Gasteiger partial charge in [-0.15, -0.1) is 11.8 Å². The van der Waals surface area contributed by atoms with Gasteiger partial charge in [0.1, 0.15) is 0 Å². The van der Waals surface area contributed by atoms with Gasteiger partial charge in [-0.25, -0.2) is 8.42 Å². The summed E-state index contributed by atoms with van der Waals surface area (Å²) in [6.07, 6.45) is 0. The minimum atomic E-state index is -3.57. The molecule has 0 radical (unpaired) electrons. The first-order chi connectivity index (χ1) is 14.1. The van der Waals surface area contributed by atoms with E-state index in [1.165, 1.54) is 17.3 Å². The highest BCUT2D eigenvalue weighted by atomic mass is 32.2. The zero-order chi connectivity index (χ0) is 22.3. The smallest absolute Gasteiger partial charge is 0.243 e. The largest absolute Gasteiger partial charge is 0.325 e. The van der Waals surface area contributed by atoms with Crippen LogP contribution in [0.25, 0.3) is 0 Å². The van der Waals surface area contributed by atoms with E-state index in [1.807, 2.05) is 58.9 Å². The fourth-order valence-corrected chi connectivity index (χ4v) is 5.39. The van der Waals surface area contributed by atoms with Gasteiger partial charge in [0, 0.05) is 23.7 Å². The van der Waals surface area contributed by atoms with Gasteiger partial charge >= 0.3 is 0 Å². The Kier molecular flexibility index (Phi) is 8.94. The van der Waals surface area contributed by atoms with Crippen molar-refractivity contribution in [3.63, 3.8) is 0 Å². The third-order valence-electron chi connectivity index (χ3n) is 4.30. The molecule has 2 aromatic carbocycles. The number of thioether (sulfide) groups is 1. The molecule has 5 nitrogen and oxygen atoms in total. The molecule has 0 fully saturated rings. The van der Waals surface area contributed by atoms with Crippen molar-refractivity contribution in [3.05, 3.63) is 54.1 Å². The van der Waals surface area contributed by atoms with Gasteiger partial charge in [0.05, 0.1) is 10.6 Å². The second-order valence-corrected chi connectivity index (χ2v) is 11.3. The number of sulfonamides is 1. The van der Waals surface area contributed by atoms with Crippen molar-refractivity contribution in [2.24, 2.45) is 11.8 Å². The van der Waals surface area contributed by atoms with Crippen molar-refractivity contribution in [2.75, 3.05) is 24.2 Å². The molecule has 0 saturated heterocycles. The van der Waals surface area contributed by atoms with E-state index >= 15 is 0 Å². The summed E-state index contributed by atoms with van der Waals surface area (Å²) in [4.78, 5) is 13.5. The normalized spacial score (nSPS) is 12.0. The number of anilines is 1. The lowest BCUT2D eigenvalue weighted by atomic mass is 10.2. The number of carbonyl (C=O) groups is 1. The molecule has 164 valence electrons. The fraction of sp³-hybridized carbons (Fsp3) is 0.435. The van der Waals surface area contributed by atoms with E-state index in [2.05, 4.69) is 5.32 Å². The van der Waals surface area contributed by atoms with E-state index in [4.69, 9.17) is 0 Å². The van der Waals surface area contributed by atoms with E-state index < -0.39 is 10.0 Å². The Morgan fingerprint density at radius 2 is 1.47 bits per heavy atom. The first-order valence-electron chi connectivity index (χ1n) is 10.2. The summed E-state index contributed by atoms with van der Waals surface area (Å²) in [5, 5.41) is 2.83. The zero-order valence-electron chi connectivity index (χ0n) is 18.4. The van der Waals surface area contributed by atoms with Gasteiger partial charge in [-0.1, -0.05) is 45.4 Å². The van der Waals surface area contributed by atoms with Gasteiger partial charge in [-0.2, -0.15) is 4.31 Å². The first kappa shape index (κ1) is 24.4. The van der Waals surface area contributed by atoms with Gasteiger partial charge in [0.25, 0.3) is 0 Å².